The van der Waals surface area contributed by atoms with E-state index in [9.17, 15) is 0 Å². The molecule has 2 aromatic carbocycles. The number of aryl methyl sites for hydroxylation is 1. The summed E-state index contributed by atoms with van der Waals surface area (Å²) in [6.07, 6.45) is 3.01. The van der Waals surface area contributed by atoms with Crippen molar-refractivity contribution in [1.29, 1.82) is 0 Å². The molecule has 0 bridgehead atoms. The molecule has 0 atom stereocenters. The van der Waals surface area contributed by atoms with E-state index in [1.807, 2.05) is 30.3 Å². The molecule has 0 unspecified atom stereocenters. The van der Waals surface area contributed by atoms with Crippen LogP contribution < -0.4 is 10.5 Å². The van der Waals surface area contributed by atoms with Crippen LogP contribution >= 0.6 is 0 Å². The van der Waals surface area contributed by atoms with E-state index in [0.717, 1.165) is 12.2 Å². The monoisotopic (exact) mass is 280 g/mol. The maximum absolute atomic E-state index is 6.05. The minimum atomic E-state index is 0.580. The van der Waals surface area contributed by atoms with Gasteiger partial charge in [0.05, 0.1) is 5.52 Å². The molecule has 0 fully saturated rings. The Hall–Kier alpha value is -2.26. The van der Waals surface area contributed by atoms with Crippen molar-refractivity contribution in [2.75, 3.05) is 6.54 Å². The summed E-state index contributed by atoms with van der Waals surface area (Å²) in [5.74, 6) is 0.931. The van der Waals surface area contributed by atoms with Crippen molar-refractivity contribution in [2.24, 2.45) is 12.8 Å². The van der Waals surface area contributed by atoms with E-state index in [4.69, 9.17) is 10.5 Å². The predicted octanol–water partition coefficient (Wildman–Crippen LogP) is 3.26. The average Bonchev–Trinajstić information content (AvgIpc) is 2.84. The fraction of sp³-hybridized carbons (Fsp3) is 0.222. The second-order valence-corrected chi connectivity index (χ2v) is 5.23. The van der Waals surface area contributed by atoms with Gasteiger partial charge in [-0.1, -0.05) is 36.4 Å². The lowest BCUT2D eigenvalue weighted by atomic mass is 10.1. The summed E-state index contributed by atoms with van der Waals surface area (Å²) in [5.41, 5.74) is 9.33. The van der Waals surface area contributed by atoms with Crippen molar-refractivity contribution < 1.29 is 4.74 Å². The second-order valence-electron chi connectivity index (χ2n) is 5.23. The van der Waals surface area contributed by atoms with Crippen LogP contribution in [0.3, 0.4) is 0 Å². The van der Waals surface area contributed by atoms with Crippen LogP contribution in [0.1, 0.15) is 11.1 Å². The molecule has 0 spiro atoms. The lowest BCUT2D eigenvalue weighted by Crippen LogP contribution is -2.02. The Balaban J connectivity index is 1.94. The number of nitrogens with zero attached hydrogens (tertiary/aromatic N) is 1. The van der Waals surface area contributed by atoms with Gasteiger partial charge >= 0.3 is 0 Å². The topological polar surface area (TPSA) is 40.2 Å². The number of ether oxygens (including phenoxy) is 1. The fourth-order valence-corrected chi connectivity index (χ4v) is 2.70. The Kier molecular flexibility index (Phi) is 3.93. The van der Waals surface area contributed by atoms with E-state index in [1.54, 1.807) is 0 Å². The number of fused-ring (bicyclic) bond motifs is 1. The highest BCUT2D eigenvalue weighted by atomic mass is 16.5. The third kappa shape index (κ3) is 2.78. The van der Waals surface area contributed by atoms with E-state index in [-0.39, 0.29) is 0 Å². The molecule has 108 valence electrons. The Morgan fingerprint density at radius 1 is 1.05 bits per heavy atom. The SMILES string of the molecule is Cn1cc(CCN)c2c(OCc3ccccc3)cccc21. The zero-order valence-electron chi connectivity index (χ0n) is 12.3. The third-order valence-corrected chi connectivity index (χ3v) is 3.71. The van der Waals surface area contributed by atoms with Crippen LogP contribution in [0.15, 0.2) is 54.7 Å². The molecule has 3 nitrogen and oxygen atoms in total. The summed E-state index contributed by atoms with van der Waals surface area (Å²) < 4.78 is 8.19. The van der Waals surface area contributed by atoms with Crippen LogP contribution in [0.25, 0.3) is 10.9 Å². The minimum Gasteiger partial charge on any atom is -0.488 e. The number of hydrogen-bond acceptors (Lipinski definition) is 2. The molecule has 0 aliphatic carbocycles. The first kappa shape index (κ1) is 13.7. The lowest BCUT2D eigenvalue weighted by Gasteiger charge is -2.09. The molecule has 0 aliphatic rings. The average molecular weight is 280 g/mol. The molecule has 21 heavy (non-hydrogen) atoms. The highest BCUT2D eigenvalue weighted by molar-refractivity contribution is 5.90. The summed E-state index contributed by atoms with van der Waals surface area (Å²) in [6.45, 7) is 1.23. The molecule has 1 aromatic heterocycles. The Labute approximate surface area is 125 Å². The highest BCUT2D eigenvalue weighted by Crippen LogP contribution is 2.31. The molecule has 0 saturated heterocycles. The highest BCUT2D eigenvalue weighted by Gasteiger charge is 2.11. The zero-order valence-corrected chi connectivity index (χ0v) is 12.3. The fourth-order valence-electron chi connectivity index (χ4n) is 2.70. The zero-order chi connectivity index (χ0) is 14.7. The molecule has 0 amide bonds. The van der Waals surface area contributed by atoms with Gasteiger partial charge in [0, 0.05) is 18.6 Å². The van der Waals surface area contributed by atoms with Crippen molar-refractivity contribution in [3.05, 3.63) is 65.9 Å². The number of rotatable bonds is 5. The Bertz CT molecular complexity index is 732. The first-order chi connectivity index (χ1) is 10.3. The summed E-state index contributed by atoms with van der Waals surface area (Å²) in [4.78, 5) is 0. The summed E-state index contributed by atoms with van der Waals surface area (Å²) in [5, 5.41) is 1.18. The van der Waals surface area contributed by atoms with Gasteiger partial charge < -0.3 is 15.0 Å². The third-order valence-electron chi connectivity index (χ3n) is 3.71. The minimum absolute atomic E-state index is 0.580. The van der Waals surface area contributed by atoms with Gasteiger partial charge in [-0.3, -0.25) is 0 Å². The van der Waals surface area contributed by atoms with Crippen LogP contribution in [0, 0.1) is 0 Å². The Morgan fingerprint density at radius 2 is 1.86 bits per heavy atom. The molecule has 3 aromatic rings. The van der Waals surface area contributed by atoms with Crippen molar-refractivity contribution in [1.82, 2.24) is 4.57 Å². The second kappa shape index (κ2) is 6.02. The van der Waals surface area contributed by atoms with E-state index >= 15 is 0 Å². The molecular weight excluding hydrogens is 260 g/mol. The van der Waals surface area contributed by atoms with Crippen molar-refractivity contribution in [2.45, 2.75) is 13.0 Å². The van der Waals surface area contributed by atoms with Gasteiger partial charge in [-0.2, -0.15) is 0 Å². The maximum Gasteiger partial charge on any atom is 0.129 e. The number of aromatic nitrogens is 1. The van der Waals surface area contributed by atoms with Crippen molar-refractivity contribution in [3.63, 3.8) is 0 Å². The van der Waals surface area contributed by atoms with Gasteiger partial charge in [0.25, 0.3) is 0 Å². The molecule has 0 aliphatic heterocycles. The summed E-state index contributed by atoms with van der Waals surface area (Å²) >= 11 is 0. The largest absolute Gasteiger partial charge is 0.488 e. The smallest absolute Gasteiger partial charge is 0.129 e. The number of nitrogens with two attached hydrogens (primary N) is 1. The summed E-state index contributed by atoms with van der Waals surface area (Å²) in [6, 6.07) is 16.4. The van der Waals surface area contributed by atoms with Crippen LogP contribution in [0.2, 0.25) is 0 Å². The first-order valence-electron chi connectivity index (χ1n) is 7.23. The van der Waals surface area contributed by atoms with Crippen LogP contribution in [0.4, 0.5) is 0 Å². The van der Waals surface area contributed by atoms with Gasteiger partial charge in [-0.05, 0) is 36.2 Å². The molecule has 3 rings (SSSR count). The number of benzene rings is 2. The van der Waals surface area contributed by atoms with E-state index < -0.39 is 0 Å². The summed E-state index contributed by atoms with van der Waals surface area (Å²) in [7, 11) is 2.06. The van der Waals surface area contributed by atoms with Crippen LogP contribution in [0.5, 0.6) is 5.75 Å². The predicted molar refractivity (Wildman–Crippen MR) is 86.5 cm³/mol. The molecule has 0 saturated carbocycles. The standard InChI is InChI=1S/C18H20N2O/c1-20-12-15(10-11-19)18-16(20)8-5-9-17(18)21-13-14-6-3-2-4-7-14/h2-9,12H,10-11,13,19H2,1H3. The van der Waals surface area contributed by atoms with Crippen molar-refractivity contribution >= 4 is 10.9 Å². The quantitative estimate of drug-likeness (QED) is 0.779. The van der Waals surface area contributed by atoms with Crippen LogP contribution in [-0.2, 0) is 20.1 Å². The van der Waals surface area contributed by atoms with Gasteiger partial charge in [-0.25, -0.2) is 0 Å². The normalized spacial score (nSPS) is 11.0. The van der Waals surface area contributed by atoms with Crippen molar-refractivity contribution in [3.8, 4) is 5.75 Å². The lowest BCUT2D eigenvalue weighted by molar-refractivity contribution is 0.310. The molecule has 1 heterocycles. The van der Waals surface area contributed by atoms with E-state index in [2.05, 4.69) is 36.0 Å². The molecule has 2 N–H and O–H groups in total. The molecule has 3 heteroatoms. The van der Waals surface area contributed by atoms with E-state index in [0.29, 0.717) is 13.2 Å². The molecular formula is C18H20N2O. The van der Waals surface area contributed by atoms with Gasteiger partial charge in [0.2, 0.25) is 0 Å². The van der Waals surface area contributed by atoms with Gasteiger partial charge in [0.15, 0.2) is 0 Å². The van der Waals surface area contributed by atoms with Gasteiger partial charge in [-0.15, -0.1) is 0 Å². The van der Waals surface area contributed by atoms with Gasteiger partial charge in [0.1, 0.15) is 12.4 Å². The number of hydrogen-bond donors (Lipinski definition) is 1. The molecule has 0 radical (unpaired) electrons. The Morgan fingerprint density at radius 3 is 2.62 bits per heavy atom. The first-order valence-corrected chi connectivity index (χ1v) is 7.23. The maximum atomic E-state index is 6.05. The van der Waals surface area contributed by atoms with E-state index in [1.165, 1.54) is 22.0 Å². The van der Waals surface area contributed by atoms with Crippen LogP contribution in [-0.4, -0.2) is 11.1 Å².